The molecule has 0 N–H and O–H groups in total. The molecule has 0 fully saturated rings. The monoisotopic (exact) mass is 135 g/mol. The molecule has 11 heavy (non-hydrogen) atoms. The molecular formula is C6H3Li2NO2. The summed E-state index contributed by atoms with van der Waals surface area (Å²) in [5.74, 6) is -1.22. The Morgan fingerprint density at radius 3 is 2.45 bits per heavy atom. The van der Waals surface area contributed by atoms with Gasteiger partial charge in [0.05, 0.1) is 0 Å². The summed E-state index contributed by atoms with van der Waals surface area (Å²) in [6.07, 6.45) is 2.60. The first kappa shape index (κ1) is 13.4. The molecular weight excluding hydrogens is 132 g/mol. The van der Waals surface area contributed by atoms with Crippen molar-refractivity contribution in [3.8, 4) is 0 Å². The predicted molar refractivity (Wildman–Crippen MR) is 27.4 cm³/mol. The minimum Gasteiger partial charge on any atom is -0.566 e. The summed E-state index contributed by atoms with van der Waals surface area (Å²) < 4.78 is 0. The smallest absolute Gasteiger partial charge is 0.566 e. The second kappa shape index (κ2) is 6.52. The zero-order valence-corrected chi connectivity index (χ0v) is 6.50. The van der Waals surface area contributed by atoms with E-state index in [0.29, 0.717) is 0 Å². The Labute approximate surface area is 88.6 Å². The van der Waals surface area contributed by atoms with Crippen molar-refractivity contribution in [2.24, 2.45) is 0 Å². The van der Waals surface area contributed by atoms with E-state index in [0.717, 1.165) is 0 Å². The molecule has 0 aliphatic carbocycles. The van der Waals surface area contributed by atoms with Crippen LogP contribution < -0.4 is 42.8 Å². The number of carboxylic acid groups (broad SMARTS) is 1. The molecule has 1 aromatic heterocycles. The van der Waals surface area contributed by atoms with Gasteiger partial charge in [0.25, 0.3) is 0 Å². The van der Waals surface area contributed by atoms with E-state index in [1.54, 1.807) is 0 Å². The van der Waals surface area contributed by atoms with E-state index in [1.165, 1.54) is 18.5 Å². The number of hydrogen-bond donors (Lipinski definition) is 0. The number of pyridine rings is 1. The summed E-state index contributed by atoms with van der Waals surface area (Å²) in [5.41, 5.74) is 0.0532. The summed E-state index contributed by atoms with van der Waals surface area (Å²) in [7, 11) is 0. The van der Waals surface area contributed by atoms with E-state index >= 15 is 0 Å². The second-order valence-corrected chi connectivity index (χ2v) is 1.46. The third kappa shape index (κ3) is 4.29. The molecule has 0 aliphatic heterocycles. The number of nitrogens with zero attached hydrogens (tertiary/aromatic N) is 1. The van der Waals surface area contributed by atoms with Gasteiger partial charge < -0.3 is 14.9 Å². The van der Waals surface area contributed by atoms with Gasteiger partial charge in [0, 0.05) is 0 Å². The zero-order chi connectivity index (χ0) is 6.69. The van der Waals surface area contributed by atoms with Crippen LogP contribution in [0.1, 0.15) is 10.4 Å². The van der Waals surface area contributed by atoms with Crippen LogP contribution in [-0.4, -0.2) is 11.0 Å². The Morgan fingerprint density at radius 2 is 2.18 bits per heavy atom. The molecule has 0 amide bonds. The van der Waals surface area contributed by atoms with Gasteiger partial charge in [-0.3, -0.25) is 0 Å². The number of carboxylic acids is 1. The fourth-order valence-corrected chi connectivity index (χ4v) is 0.437. The number of hydrogen-bond acceptors (Lipinski definition) is 3. The fourth-order valence-electron chi connectivity index (χ4n) is 0.437. The van der Waals surface area contributed by atoms with E-state index in [4.69, 9.17) is 0 Å². The van der Waals surface area contributed by atoms with Crippen molar-refractivity contribution in [2.45, 2.75) is 0 Å². The molecule has 1 aromatic rings. The van der Waals surface area contributed by atoms with Crippen LogP contribution in [0.2, 0.25) is 0 Å². The van der Waals surface area contributed by atoms with E-state index in [2.05, 4.69) is 11.1 Å². The molecule has 0 unspecified atom stereocenters. The van der Waals surface area contributed by atoms with Crippen molar-refractivity contribution in [3.05, 3.63) is 30.1 Å². The fraction of sp³-hybridized carbons (Fsp3) is 0. The predicted octanol–water partition coefficient (Wildman–Crippen LogP) is -6.75. The van der Waals surface area contributed by atoms with E-state index in [1.807, 2.05) is 0 Å². The van der Waals surface area contributed by atoms with Gasteiger partial charge in [-0.1, -0.05) is 6.20 Å². The van der Waals surface area contributed by atoms with Crippen LogP contribution in [0.15, 0.2) is 18.5 Å². The quantitative estimate of drug-likeness (QED) is 0.284. The molecule has 0 spiro atoms. The Bertz CT molecular complexity index is 215. The maximum atomic E-state index is 10.0. The van der Waals surface area contributed by atoms with Crippen LogP contribution in [0.3, 0.4) is 0 Å². The SMILES string of the molecule is O=C([O-])c1c[c-]cnc1.[Li+].[Li+]. The maximum Gasteiger partial charge on any atom is 1.00 e. The van der Waals surface area contributed by atoms with Gasteiger partial charge in [-0.2, -0.15) is 0 Å². The van der Waals surface area contributed by atoms with Crippen molar-refractivity contribution in [1.29, 1.82) is 0 Å². The Morgan fingerprint density at radius 1 is 1.55 bits per heavy atom. The van der Waals surface area contributed by atoms with Gasteiger partial charge in [-0.25, -0.2) is 12.1 Å². The second-order valence-electron chi connectivity index (χ2n) is 1.46. The van der Waals surface area contributed by atoms with Crippen molar-refractivity contribution in [2.75, 3.05) is 0 Å². The number of carbonyl (C=O) groups excluding carboxylic acids is 1. The number of aromatic nitrogens is 1. The van der Waals surface area contributed by atoms with Gasteiger partial charge in [0.2, 0.25) is 0 Å². The summed E-state index contributed by atoms with van der Waals surface area (Å²) in [5, 5.41) is 10.0. The summed E-state index contributed by atoms with van der Waals surface area (Å²) in [6, 6.07) is 3.82. The first-order chi connectivity index (χ1) is 4.30. The molecule has 0 atom stereocenters. The van der Waals surface area contributed by atoms with Crippen molar-refractivity contribution >= 4 is 5.97 Å². The molecule has 5 heteroatoms. The molecule has 0 saturated heterocycles. The normalized spacial score (nSPS) is 7.27. The van der Waals surface area contributed by atoms with Gasteiger partial charge in [0.1, 0.15) is 0 Å². The average molecular weight is 135 g/mol. The average Bonchev–Trinajstić information content (AvgIpc) is 1.90. The first-order valence-corrected chi connectivity index (χ1v) is 2.33. The van der Waals surface area contributed by atoms with Crippen LogP contribution in [0.4, 0.5) is 0 Å². The zero-order valence-electron chi connectivity index (χ0n) is 6.50. The van der Waals surface area contributed by atoms with E-state index in [-0.39, 0.29) is 43.3 Å². The van der Waals surface area contributed by atoms with Crippen molar-refractivity contribution < 1.29 is 47.6 Å². The maximum absolute atomic E-state index is 10.0. The van der Waals surface area contributed by atoms with Crippen LogP contribution >= 0.6 is 0 Å². The summed E-state index contributed by atoms with van der Waals surface area (Å²) in [6.45, 7) is 0. The molecule has 0 bridgehead atoms. The van der Waals surface area contributed by atoms with Gasteiger partial charge in [0.15, 0.2) is 0 Å². The molecule has 0 radical (unpaired) electrons. The van der Waals surface area contributed by atoms with E-state index in [9.17, 15) is 9.90 Å². The van der Waals surface area contributed by atoms with Crippen LogP contribution in [0.5, 0.6) is 0 Å². The number of aromatic carboxylic acids is 1. The number of carbonyl (C=O) groups is 1. The molecule has 0 aromatic carbocycles. The molecule has 1 rings (SSSR count). The Balaban J connectivity index is 0. The molecule has 46 valence electrons. The summed E-state index contributed by atoms with van der Waals surface area (Å²) in [4.78, 5) is 13.6. The minimum absolute atomic E-state index is 0. The third-order valence-corrected chi connectivity index (χ3v) is 0.837. The number of rotatable bonds is 1. The molecule has 1 heterocycles. The minimum atomic E-state index is -1.22. The summed E-state index contributed by atoms with van der Waals surface area (Å²) >= 11 is 0. The molecule has 3 nitrogen and oxygen atoms in total. The third-order valence-electron chi connectivity index (χ3n) is 0.837. The van der Waals surface area contributed by atoms with Gasteiger partial charge in [-0.05, 0) is 12.2 Å². The Hall–Kier alpha value is -0.185. The molecule has 0 saturated carbocycles. The first-order valence-electron chi connectivity index (χ1n) is 2.33. The van der Waals surface area contributed by atoms with Crippen LogP contribution in [-0.2, 0) is 0 Å². The Kier molecular flexibility index (Phi) is 7.95. The molecule has 0 aliphatic rings. The topological polar surface area (TPSA) is 53.0 Å². The van der Waals surface area contributed by atoms with Crippen LogP contribution in [0, 0.1) is 6.07 Å². The van der Waals surface area contributed by atoms with Crippen molar-refractivity contribution in [1.82, 2.24) is 4.98 Å². The standard InChI is InChI=1S/C6H4NO2.2Li/c8-6(9)5-2-1-3-7-4-5;;/h2-4H,(H,8,9);;/q-1;2*+1/p-1. The van der Waals surface area contributed by atoms with E-state index < -0.39 is 5.97 Å². The van der Waals surface area contributed by atoms with Gasteiger partial charge >= 0.3 is 37.7 Å². The van der Waals surface area contributed by atoms with Gasteiger partial charge in [-0.15, -0.1) is 5.56 Å². The van der Waals surface area contributed by atoms with Crippen molar-refractivity contribution in [3.63, 3.8) is 0 Å². The largest absolute Gasteiger partial charge is 1.00 e. The van der Waals surface area contributed by atoms with Crippen LogP contribution in [0.25, 0.3) is 0 Å².